The molecule has 0 saturated heterocycles. The fourth-order valence-electron chi connectivity index (χ4n) is 2.88. The molecule has 0 unspecified atom stereocenters. The summed E-state index contributed by atoms with van der Waals surface area (Å²) in [4.78, 5) is 13.2. The zero-order chi connectivity index (χ0) is 19.6. The van der Waals surface area contributed by atoms with Gasteiger partial charge < -0.3 is 14.5 Å². The molecule has 2 aromatic rings. The number of ether oxygens (including phenoxy) is 1. The van der Waals surface area contributed by atoms with Crippen molar-refractivity contribution in [3.05, 3.63) is 42.0 Å². The normalized spacial score (nSPS) is 10.7. The van der Waals surface area contributed by atoms with Crippen LogP contribution in [-0.4, -0.2) is 44.3 Å². The molecule has 148 valence electrons. The molecule has 0 fully saturated rings. The van der Waals surface area contributed by atoms with Crippen molar-refractivity contribution in [2.75, 3.05) is 44.1 Å². The first-order chi connectivity index (χ1) is 13.0. The van der Waals surface area contributed by atoms with Crippen LogP contribution in [0.15, 0.2) is 30.6 Å². The first-order valence-electron chi connectivity index (χ1n) is 9.62. The lowest BCUT2D eigenvalue weighted by Gasteiger charge is -2.23. The predicted octanol–water partition coefficient (Wildman–Crippen LogP) is 4.32. The van der Waals surface area contributed by atoms with E-state index in [1.807, 2.05) is 37.5 Å². The monoisotopic (exact) mass is 374 g/mol. The summed E-state index contributed by atoms with van der Waals surface area (Å²) in [6.45, 7) is 3.86. The van der Waals surface area contributed by atoms with Gasteiger partial charge in [0.05, 0.1) is 25.2 Å². The molecule has 0 radical (unpaired) electrons. The van der Waals surface area contributed by atoms with Gasteiger partial charge in [-0.1, -0.05) is 32.3 Å². The quantitative estimate of drug-likeness (QED) is 0.548. The lowest BCUT2D eigenvalue weighted by molar-refractivity contribution is 0.386. The third-order valence-corrected chi connectivity index (χ3v) is 4.59. The number of nitrogens with zero attached hydrogens (tertiary/aromatic N) is 4. The number of rotatable bonds is 11. The largest absolute Gasteiger partial charge is 0.494 e. The Hall–Kier alpha value is -2.37. The van der Waals surface area contributed by atoms with Crippen LogP contribution in [0.2, 0.25) is 0 Å². The molecule has 0 aliphatic heterocycles. The SMILES string of the molecule is CCCCCCN(CCc1ccc(OC)c(F)c1)c1ncc(N(C)C)cn1. The van der Waals surface area contributed by atoms with E-state index in [0.717, 1.165) is 43.1 Å². The first kappa shape index (κ1) is 20.9. The summed E-state index contributed by atoms with van der Waals surface area (Å²) in [5.74, 6) is 0.681. The van der Waals surface area contributed by atoms with Gasteiger partial charge in [0.2, 0.25) is 5.95 Å². The number of unbranched alkanes of at least 4 members (excludes halogenated alkanes) is 3. The number of anilines is 2. The minimum Gasteiger partial charge on any atom is -0.494 e. The average molecular weight is 375 g/mol. The van der Waals surface area contributed by atoms with Crippen LogP contribution in [0.25, 0.3) is 0 Å². The molecule has 1 aromatic carbocycles. The summed E-state index contributed by atoms with van der Waals surface area (Å²) >= 11 is 0. The third kappa shape index (κ3) is 6.38. The smallest absolute Gasteiger partial charge is 0.225 e. The van der Waals surface area contributed by atoms with Gasteiger partial charge in [-0.2, -0.15) is 0 Å². The number of halogens is 1. The van der Waals surface area contributed by atoms with E-state index in [9.17, 15) is 4.39 Å². The van der Waals surface area contributed by atoms with Gasteiger partial charge in [0.15, 0.2) is 11.6 Å². The van der Waals surface area contributed by atoms with Gasteiger partial charge in [-0.3, -0.25) is 0 Å². The van der Waals surface area contributed by atoms with Gasteiger partial charge in [-0.05, 0) is 30.5 Å². The first-order valence-corrected chi connectivity index (χ1v) is 9.62. The Morgan fingerprint density at radius 2 is 1.78 bits per heavy atom. The molecule has 0 saturated carbocycles. The molecule has 0 atom stereocenters. The molecule has 0 aliphatic rings. The number of hydrogen-bond acceptors (Lipinski definition) is 5. The molecule has 0 aliphatic carbocycles. The molecule has 1 heterocycles. The van der Waals surface area contributed by atoms with Crippen molar-refractivity contribution >= 4 is 11.6 Å². The summed E-state index contributed by atoms with van der Waals surface area (Å²) in [5, 5.41) is 0. The van der Waals surface area contributed by atoms with Crippen molar-refractivity contribution in [3.8, 4) is 5.75 Å². The van der Waals surface area contributed by atoms with Crippen LogP contribution >= 0.6 is 0 Å². The average Bonchev–Trinajstić information content (AvgIpc) is 2.67. The lowest BCUT2D eigenvalue weighted by Crippen LogP contribution is -2.29. The van der Waals surface area contributed by atoms with E-state index >= 15 is 0 Å². The second-order valence-electron chi connectivity index (χ2n) is 6.90. The summed E-state index contributed by atoms with van der Waals surface area (Å²) in [6.07, 6.45) is 9.15. The molecular formula is C21H31FN4O. The Kier molecular flexibility index (Phi) is 8.30. The highest BCUT2D eigenvalue weighted by atomic mass is 19.1. The summed E-state index contributed by atoms with van der Waals surface area (Å²) in [5.41, 5.74) is 1.92. The van der Waals surface area contributed by atoms with E-state index in [2.05, 4.69) is 21.8 Å². The Morgan fingerprint density at radius 3 is 2.37 bits per heavy atom. The highest BCUT2D eigenvalue weighted by molar-refractivity contribution is 5.43. The third-order valence-electron chi connectivity index (χ3n) is 4.59. The lowest BCUT2D eigenvalue weighted by atomic mass is 10.1. The second-order valence-corrected chi connectivity index (χ2v) is 6.90. The molecule has 1 aromatic heterocycles. The van der Waals surface area contributed by atoms with Crippen LogP contribution in [0.4, 0.5) is 16.0 Å². The van der Waals surface area contributed by atoms with E-state index < -0.39 is 0 Å². The minimum absolute atomic E-state index is 0.276. The van der Waals surface area contributed by atoms with E-state index in [4.69, 9.17) is 4.74 Å². The van der Waals surface area contributed by atoms with Crippen molar-refractivity contribution in [1.29, 1.82) is 0 Å². The topological polar surface area (TPSA) is 41.5 Å². The molecule has 27 heavy (non-hydrogen) atoms. The predicted molar refractivity (Wildman–Crippen MR) is 109 cm³/mol. The van der Waals surface area contributed by atoms with E-state index in [1.165, 1.54) is 26.4 Å². The van der Waals surface area contributed by atoms with Crippen molar-refractivity contribution in [2.45, 2.75) is 39.0 Å². The van der Waals surface area contributed by atoms with Crippen LogP contribution in [0.3, 0.4) is 0 Å². The zero-order valence-corrected chi connectivity index (χ0v) is 16.9. The maximum absolute atomic E-state index is 13.9. The minimum atomic E-state index is -0.323. The Bertz CT molecular complexity index is 691. The van der Waals surface area contributed by atoms with E-state index in [1.54, 1.807) is 12.1 Å². The van der Waals surface area contributed by atoms with Crippen LogP contribution in [0, 0.1) is 5.82 Å². The Balaban J connectivity index is 2.05. The number of methoxy groups -OCH3 is 1. The number of aromatic nitrogens is 2. The summed E-state index contributed by atoms with van der Waals surface area (Å²) < 4.78 is 18.9. The molecule has 0 spiro atoms. The van der Waals surface area contributed by atoms with Gasteiger partial charge in [-0.15, -0.1) is 0 Å². The standard InChI is InChI=1S/C21H31FN4O/c1-5-6-7-8-12-26(21-23-15-18(16-24-21)25(2)3)13-11-17-9-10-20(27-4)19(22)14-17/h9-10,14-16H,5-8,11-13H2,1-4H3. The second kappa shape index (κ2) is 10.7. The van der Waals surface area contributed by atoms with Crippen molar-refractivity contribution in [2.24, 2.45) is 0 Å². The molecule has 6 heteroatoms. The van der Waals surface area contributed by atoms with Gasteiger partial charge >= 0.3 is 0 Å². The molecule has 0 amide bonds. The summed E-state index contributed by atoms with van der Waals surface area (Å²) in [7, 11) is 5.42. The number of hydrogen-bond donors (Lipinski definition) is 0. The molecule has 0 bridgehead atoms. The van der Waals surface area contributed by atoms with E-state index in [-0.39, 0.29) is 11.6 Å². The van der Waals surface area contributed by atoms with Crippen molar-refractivity contribution in [1.82, 2.24) is 9.97 Å². The van der Waals surface area contributed by atoms with Crippen LogP contribution in [0.1, 0.15) is 38.2 Å². The number of benzene rings is 1. The van der Waals surface area contributed by atoms with Crippen molar-refractivity contribution < 1.29 is 9.13 Å². The molecule has 2 rings (SSSR count). The molecular weight excluding hydrogens is 343 g/mol. The summed E-state index contributed by atoms with van der Waals surface area (Å²) in [6, 6.07) is 5.13. The Morgan fingerprint density at radius 1 is 1.04 bits per heavy atom. The zero-order valence-electron chi connectivity index (χ0n) is 16.9. The van der Waals surface area contributed by atoms with Gasteiger partial charge in [0.25, 0.3) is 0 Å². The van der Waals surface area contributed by atoms with Gasteiger partial charge in [0, 0.05) is 27.2 Å². The molecule has 0 N–H and O–H groups in total. The fourth-order valence-corrected chi connectivity index (χ4v) is 2.88. The van der Waals surface area contributed by atoms with Crippen LogP contribution < -0.4 is 14.5 Å². The Labute approximate surface area is 162 Å². The van der Waals surface area contributed by atoms with E-state index in [0.29, 0.717) is 0 Å². The van der Waals surface area contributed by atoms with Crippen LogP contribution in [0.5, 0.6) is 5.75 Å². The fraction of sp³-hybridized carbons (Fsp3) is 0.524. The van der Waals surface area contributed by atoms with Crippen LogP contribution in [-0.2, 0) is 6.42 Å². The van der Waals surface area contributed by atoms with Gasteiger partial charge in [-0.25, -0.2) is 14.4 Å². The maximum Gasteiger partial charge on any atom is 0.225 e. The maximum atomic E-state index is 13.9. The highest BCUT2D eigenvalue weighted by Gasteiger charge is 2.11. The highest BCUT2D eigenvalue weighted by Crippen LogP contribution is 2.19. The molecule has 5 nitrogen and oxygen atoms in total. The van der Waals surface area contributed by atoms with Crippen molar-refractivity contribution in [3.63, 3.8) is 0 Å². The van der Waals surface area contributed by atoms with Gasteiger partial charge in [0.1, 0.15) is 0 Å².